The summed E-state index contributed by atoms with van der Waals surface area (Å²) < 4.78 is 25.6. The maximum atomic E-state index is 12.8. The zero-order valence-corrected chi connectivity index (χ0v) is 16.8. The van der Waals surface area contributed by atoms with Gasteiger partial charge in [0.05, 0.1) is 10.6 Å². The van der Waals surface area contributed by atoms with Crippen LogP contribution in [0.4, 0.5) is 5.69 Å². The summed E-state index contributed by atoms with van der Waals surface area (Å²) in [4.78, 5) is 0.366. The zero-order chi connectivity index (χ0) is 19.4. The molecule has 0 radical (unpaired) electrons. The van der Waals surface area contributed by atoms with Crippen molar-refractivity contribution in [1.82, 2.24) is 0 Å². The molecular formula is C23H25NO2S. The Kier molecular flexibility index (Phi) is 5.66. The zero-order valence-electron chi connectivity index (χ0n) is 16.0. The molecule has 0 saturated heterocycles. The first kappa shape index (κ1) is 19.2. The van der Waals surface area contributed by atoms with Crippen LogP contribution in [-0.2, 0) is 22.1 Å². The lowest BCUT2D eigenvalue weighted by molar-refractivity contribution is 0.595. The van der Waals surface area contributed by atoms with Crippen molar-refractivity contribution >= 4 is 15.5 Å². The van der Waals surface area contributed by atoms with Crippen LogP contribution < -0.4 is 5.32 Å². The Morgan fingerprint density at radius 1 is 0.778 bits per heavy atom. The Labute approximate surface area is 162 Å². The minimum atomic E-state index is -3.38. The molecule has 0 spiro atoms. The lowest BCUT2D eigenvalue weighted by Crippen LogP contribution is -2.09. The van der Waals surface area contributed by atoms with Crippen molar-refractivity contribution in [2.75, 3.05) is 5.32 Å². The van der Waals surface area contributed by atoms with Gasteiger partial charge in [-0.05, 0) is 55.7 Å². The Hall–Kier alpha value is -2.59. The topological polar surface area (TPSA) is 46.2 Å². The molecule has 0 aromatic heterocycles. The van der Waals surface area contributed by atoms with E-state index < -0.39 is 9.84 Å². The van der Waals surface area contributed by atoms with Gasteiger partial charge in [0.25, 0.3) is 0 Å². The minimum absolute atomic E-state index is 0.000788. The molecule has 1 N–H and O–H groups in total. The van der Waals surface area contributed by atoms with E-state index in [-0.39, 0.29) is 5.75 Å². The number of rotatable bonds is 6. The molecule has 4 heteroatoms. The van der Waals surface area contributed by atoms with E-state index >= 15 is 0 Å². The number of aryl methyl sites for hydroxylation is 3. The Balaban J connectivity index is 1.80. The minimum Gasteiger partial charge on any atom is -0.381 e. The van der Waals surface area contributed by atoms with E-state index in [2.05, 4.69) is 37.4 Å². The summed E-state index contributed by atoms with van der Waals surface area (Å²) >= 11 is 0. The first-order valence-corrected chi connectivity index (χ1v) is 10.7. The van der Waals surface area contributed by atoms with E-state index in [1.54, 1.807) is 12.1 Å². The molecule has 3 aromatic carbocycles. The maximum absolute atomic E-state index is 12.8. The van der Waals surface area contributed by atoms with Gasteiger partial charge in [0.1, 0.15) is 0 Å². The molecule has 0 aliphatic carbocycles. The Morgan fingerprint density at radius 2 is 1.41 bits per heavy atom. The summed E-state index contributed by atoms with van der Waals surface area (Å²) in [6.45, 7) is 6.68. The fourth-order valence-corrected chi connectivity index (χ4v) is 4.52. The van der Waals surface area contributed by atoms with Gasteiger partial charge in [-0.3, -0.25) is 0 Å². The van der Waals surface area contributed by atoms with Crippen LogP contribution in [0.15, 0.2) is 71.6 Å². The van der Waals surface area contributed by atoms with E-state index in [0.29, 0.717) is 11.4 Å². The third kappa shape index (κ3) is 4.77. The highest BCUT2D eigenvalue weighted by molar-refractivity contribution is 7.90. The van der Waals surface area contributed by atoms with Crippen LogP contribution in [0.2, 0.25) is 0 Å². The van der Waals surface area contributed by atoms with Crippen LogP contribution in [0.25, 0.3) is 0 Å². The molecule has 0 aliphatic heterocycles. The van der Waals surface area contributed by atoms with E-state index in [4.69, 9.17) is 0 Å². The van der Waals surface area contributed by atoms with Crippen molar-refractivity contribution in [3.63, 3.8) is 0 Å². The first-order chi connectivity index (χ1) is 12.8. The number of anilines is 1. The standard InChI is InChI=1S/C23H25NO2S/c1-17-8-11-22(12-9-17)27(25,26)16-21-7-5-4-6-20(21)15-24-23-13-10-18(2)14-19(23)3/h4-14,24H,15-16H2,1-3H3. The van der Waals surface area contributed by atoms with Gasteiger partial charge in [-0.25, -0.2) is 8.42 Å². The predicted molar refractivity (Wildman–Crippen MR) is 112 cm³/mol. The lowest BCUT2D eigenvalue weighted by atomic mass is 10.1. The van der Waals surface area contributed by atoms with Crippen LogP contribution in [0, 0.1) is 20.8 Å². The monoisotopic (exact) mass is 379 g/mol. The van der Waals surface area contributed by atoms with Crippen molar-refractivity contribution in [2.45, 2.75) is 38.0 Å². The Morgan fingerprint density at radius 3 is 2.07 bits per heavy atom. The van der Waals surface area contributed by atoms with Crippen LogP contribution in [0.1, 0.15) is 27.8 Å². The smallest absolute Gasteiger partial charge is 0.182 e. The molecule has 0 amide bonds. The molecule has 0 aliphatic rings. The van der Waals surface area contributed by atoms with E-state index in [0.717, 1.165) is 22.4 Å². The highest BCUT2D eigenvalue weighted by atomic mass is 32.2. The fourth-order valence-electron chi connectivity index (χ4n) is 3.11. The second-order valence-electron chi connectivity index (χ2n) is 7.01. The number of benzene rings is 3. The Bertz CT molecular complexity index is 1040. The van der Waals surface area contributed by atoms with Gasteiger partial charge in [-0.2, -0.15) is 0 Å². The van der Waals surface area contributed by atoms with Crippen molar-refractivity contribution in [3.05, 3.63) is 94.5 Å². The molecule has 3 aromatic rings. The molecule has 3 rings (SSSR count). The summed E-state index contributed by atoms with van der Waals surface area (Å²) in [6.07, 6.45) is 0. The summed E-state index contributed by atoms with van der Waals surface area (Å²) in [5.74, 6) is 0.000788. The third-order valence-electron chi connectivity index (χ3n) is 4.70. The quantitative estimate of drug-likeness (QED) is 0.640. The molecule has 0 unspecified atom stereocenters. The average Bonchev–Trinajstić information content (AvgIpc) is 2.62. The second kappa shape index (κ2) is 7.97. The van der Waals surface area contributed by atoms with E-state index in [1.165, 1.54) is 11.1 Å². The van der Waals surface area contributed by atoms with Gasteiger partial charge in [-0.15, -0.1) is 0 Å². The number of hydrogen-bond donors (Lipinski definition) is 1. The van der Waals surface area contributed by atoms with Gasteiger partial charge in [0, 0.05) is 12.2 Å². The first-order valence-electron chi connectivity index (χ1n) is 9.02. The molecule has 27 heavy (non-hydrogen) atoms. The SMILES string of the molecule is Cc1ccc(S(=O)(=O)Cc2ccccc2CNc2ccc(C)cc2C)cc1. The highest BCUT2D eigenvalue weighted by Crippen LogP contribution is 2.22. The van der Waals surface area contributed by atoms with E-state index in [9.17, 15) is 8.42 Å². The van der Waals surface area contributed by atoms with Crippen molar-refractivity contribution < 1.29 is 8.42 Å². The molecule has 0 heterocycles. The van der Waals surface area contributed by atoms with Gasteiger partial charge < -0.3 is 5.32 Å². The number of hydrogen-bond acceptors (Lipinski definition) is 3. The molecule has 0 bridgehead atoms. The van der Waals surface area contributed by atoms with Gasteiger partial charge in [-0.1, -0.05) is 59.7 Å². The van der Waals surface area contributed by atoms with Crippen LogP contribution in [-0.4, -0.2) is 8.42 Å². The van der Waals surface area contributed by atoms with Crippen LogP contribution in [0.3, 0.4) is 0 Å². The summed E-state index contributed by atoms with van der Waals surface area (Å²) in [6, 6.07) is 21.0. The maximum Gasteiger partial charge on any atom is 0.182 e. The van der Waals surface area contributed by atoms with Gasteiger partial charge >= 0.3 is 0 Å². The van der Waals surface area contributed by atoms with Crippen LogP contribution >= 0.6 is 0 Å². The average molecular weight is 380 g/mol. The van der Waals surface area contributed by atoms with Crippen molar-refractivity contribution in [3.8, 4) is 0 Å². The van der Waals surface area contributed by atoms with Crippen molar-refractivity contribution in [1.29, 1.82) is 0 Å². The second-order valence-corrected chi connectivity index (χ2v) is 9.00. The predicted octanol–water partition coefficient (Wildman–Crippen LogP) is 5.20. The largest absolute Gasteiger partial charge is 0.381 e. The molecule has 0 saturated carbocycles. The third-order valence-corrected chi connectivity index (χ3v) is 6.38. The summed E-state index contributed by atoms with van der Waals surface area (Å²) in [7, 11) is -3.38. The highest BCUT2D eigenvalue weighted by Gasteiger charge is 2.17. The van der Waals surface area contributed by atoms with Crippen LogP contribution in [0.5, 0.6) is 0 Å². The lowest BCUT2D eigenvalue weighted by Gasteiger charge is -2.14. The molecule has 0 fully saturated rings. The number of sulfone groups is 1. The van der Waals surface area contributed by atoms with Crippen molar-refractivity contribution in [2.24, 2.45) is 0 Å². The van der Waals surface area contributed by atoms with Gasteiger partial charge in [0.2, 0.25) is 0 Å². The molecular weight excluding hydrogens is 354 g/mol. The van der Waals surface area contributed by atoms with E-state index in [1.807, 2.05) is 43.3 Å². The fraction of sp³-hybridized carbons (Fsp3) is 0.217. The normalized spacial score (nSPS) is 11.4. The van der Waals surface area contributed by atoms with Gasteiger partial charge in [0.15, 0.2) is 9.84 Å². The molecule has 3 nitrogen and oxygen atoms in total. The number of nitrogens with one attached hydrogen (secondary N) is 1. The molecule has 0 atom stereocenters. The summed E-state index contributed by atoms with van der Waals surface area (Å²) in [5, 5.41) is 3.44. The molecule has 140 valence electrons. The summed E-state index contributed by atoms with van der Waals surface area (Å²) in [5.41, 5.74) is 6.34.